The van der Waals surface area contributed by atoms with Crippen LogP contribution in [0.1, 0.15) is 67.3 Å². The molecule has 0 bridgehead atoms. The number of hydrogen-bond acceptors (Lipinski definition) is 3. The Morgan fingerprint density at radius 2 is 1.12 bits per heavy atom. The molecule has 43 heavy (non-hydrogen) atoms. The number of rotatable bonds is 7. The number of nitrogens with zero attached hydrogens (tertiary/aromatic N) is 2. The molecule has 5 aromatic carbocycles. The first-order valence-corrected chi connectivity index (χ1v) is 14.1. The first kappa shape index (κ1) is 33.5. The van der Waals surface area contributed by atoms with Crippen molar-refractivity contribution < 1.29 is 21.2 Å². The molecule has 0 aliphatic heterocycles. The zero-order valence-electron chi connectivity index (χ0n) is 25.9. The van der Waals surface area contributed by atoms with Crippen LogP contribution in [0.15, 0.2) is 119 Å². The SMILES string of the molecule is CC(C)c1cccc(C(C)C)c1N=C1C(=Nc2ccccc2COc2ccccc2)c2cccc3cccc1c23.[CH3-].[CH3-].[Ni]. The minimum absolute atomic E-state index is 0. The molecule has 0 saturated carbocycles. The predicted octanol–water partition coefficient (Wildman–Crippen LogP) is 10.8. The van der Waals surface area contributed by atoms with Crippen LogP contribution < -0.4 is 4.74 Å². The van der Waals surface area contributed by atoms with Gasteiger partial charge in [-0.05, 0) is 46.5 Å². The number of benzene rings is 5. The van der Waals surface area contributed by atoms with Crippen molar-refractivity contribution in [1.29, 1.82) is 0 Å². The van der Waals surface area contributed by atoms with Gasteiger partial charge < -0.3 is 19.6 Å². The largest absolute Gasteiger partial charge is 0.489 e. The van der Waals surface area contributed by atoms with Gasteiger partial charge in [-0.2, -0.15) is 0 Å². The van der Waals surface area contributed by atoms with Gasteiger partial charge in [0.25, 0.3) is 0 Å². The summed E-state index contributed by atoms with van der Waals surface area (Å²) in [4.78, 5) is 10.8. The van der Waals surface area contributed by atoms with Crippen LogP contribution in [0.5, 0.6) is 5.75 Å². The topological polar surface area (TPSA) is 34.0 Å². The molecule has 0 aromatic heterocycles. The fourth-order valence-electron chi connectivity index (χ4n) is 5.51. The molecule has 4 heteroatoms. The summed E-state index contributed by atoms with van der Waals surface area (Å²) in [7, 11) is 0. The zero-order chi connectivity index (χ0) is 27.6. The first-order chi connectivity index (χ1) is 19.5. The van der Waals surface area contributed by atoms with Crippen molar-refractivity contribution in [3.05, 3.63) is 152 Å². The molecule has 0 radical (unpaired) electrons. The van der Waals surface area contributed by atoms with Crippen LogP contribution in [0.3, 0.4) is 0 Å². The summed E-state index contributed by atoms with van der Waals surface area (Å²) in [6, 6.07) is 37.7. The van der Waals surface area contributed by atoms with Gasteiger partial charge in [-0.25, -0.2) is 9.98 Å². The van der Waals surface area contributed by atoms with E-state index in [1.807, 2.05) is 42.5 Å². The zero-order valence-corrected chi connectivity index (χ0v) is 26.9. The van der Waals surface area contributed by atoms with Gasteiger partial charge in [-0.1, -0.05) is 119 Å². The fourth-order valence-corrected chi connectivity index (χ4v) is 5.51. The van der Waals surface area contributed by atoms with Crippen LogP contribution in [0.4, 0.5) is 11.4 Å². The van der Waals surface area contributed by atoms with Crippen LogP contribution >= 0.6 is 0 Å². The summed E-state index contributed by atoms with van der Waals surface area (Å²) in [5.74, 6) is 1.56. The Morgan fingerprint density at radius 1 is 0.581 bits per heavy atom. The van der Waals surface area contributed by atoms with Crippen molar-refractivity contribution in [3.8, 4) is 5.75 Å². The van der Waals surface area contributed by atoms with Crippen molar-refractivity contribution in [1.82, 2.24) is 0 Å². The molecule has 1 aliphatic carbocycles. The van der Waals surface area contributed by atoms with E-state index in [0.717, 1.165) is 45.2 Å². The Hall–Kier alpha value is -4.01. The maximum absolute atomic E-state index is 6.12. The van der Waals surface area contributed by atoms with Crippen molar-refractivity contribution in [3.63, 3.8) is 0 Å². The molecule has 0 heterocycles. The average Bonchev–Trinajstić information content (AvgIpc) is 3.26. The van der Waals surface area contributed by atoms with E-state index < -0.39 is 0 Å². The second kappa shape index (κ2) is 14.4. The van der Waals surface area contributed by atoms with E-state index in [0.29, 0.717) is 18.4 Å². The maximum atomic E-state index is 6.12. The summed E-state index contributed by atoms with van der Waals surface area (Å²) in [5.41, 5.74) is 9.63. The monoisotopic (exact) mass is 610 g/mol. The average molecular weight is 611 g/mol. The van der Waals surface area contributed by atoms with Crippen molar-refractivity contribution in [2.45, 2.75) is 46.1 Å². The Bertz CT molecular complexity index is 1720. The van der Waals surface area contributed by atoms with Gasteiger partial charge in [-0.15, -0.1) is 0 Å². The van der Waals surface area contributed by atoms with Gasteiger partial charge in [-0.3, -0.25) is 0 Å². The Labute approximate surface area is 267 Å². The molecule has 1 aliphatic rings. The number of aliphatic imine (C=N–C) groups is 2. The minimum atomic E-state index is 0. The predicted molar refractivity (Wildman–Crippen MR) is 181 cm³/mol. The van der Waals surface area contributed by atoms with Crippen LogP contribution in [-0.2, 0) is 23.1 Å². The molecule has 0 amide bonds. The van der Waals surface area contributed by atoms with Gasteiger partial charge in [0.2, 0.25) is 0 Å². The van der Waals surface area contributed by atoms with Crippen molar-refractivity contribution in [2.75, 3.05) is 0 Å². The summed E-state index contributed by atoms with van der Waals surface area (Å²) in [5, 5.41) is 2.42. The van der Waals surface area contributed by atoms with Gasteiger partial charge in [0.1, 0.15) is 12.4 Å². The van der Waals surface area contributed by atoms with Crippen LogP contribution in [0.25, 0.3) is 10.8 Å². The van der Waals surface area contributed by atoms with E-state index >= 15 is 0 Å². The van der Waals surface area contributed by atoms with Crippen LogP contribution in [0, 0.1) is 14.9 Å². The molecule has 0 atom stereocenters. The molecular formula is C39H40N2NiO-2. The van der Waals surface area contributed by atoms with Crippen molar-refractivity contribution in [2.24, 2.45) is 9.98 Å². The summed E-state index contributed by atoms with van der Waals surface area (Å²) < 4.78 is 6.12. The molecular weight excluding hydrogens is 571 g/mol. The number of para-hydroxylation sites is 3. The molecule has 3 nitrogen and oxygen atoms in total. The third kappa shape index (κ3) is 6.66. The maximum Gasteiger partial charge on any atom is 0.119 e. The standard InChI is InChI=1S/C37H34N2O.2CH3.Ni/c1-24(2)29-18-12-19-30(25(3)4)35(29)39-37-32-21-11-15-26-14-10-20-31(34(26)32)36(37)38-33-22-9-8-13-27(33)23-40-28-16-6-5-7-17-28;;;/h5-22,24-25H,23H2,1-4H3;2*1H3;/q;2*-1;. The van der Waals surface area contributed by atoms with E-state index in [1.165, 1.54) is 21.9 Å². The third-order valence-electron chi connectivity index (χ3n) is 7.57. The van der Waals surface area contributed by atoms with Gasteiger partial charge in [0.05, 0.1) is 22.8 Å². The molecule has 5 aromatic rings. The van der Waals surface area contributed by atoms with Gasteiger partial charge in [0, 0.05) is 38.6 Å². The quantitative estimate of drug-likeness (QED) is 0.133. The van der Waals surface area contributed by atoms with E-state index in [1.54, 1.807) is 0 Å². The summed E-state index contributed by atoms with van der Waals surface area (Å²) in [6.45, 7) is 9.40. The second-order valence-corrected chi connectivity index (χ2v) is 11.0. The third-order valence-corrected chi connectivity index (χ3v) is 7.57. The molecule has 0 N–H and O–H groups in total. The second-order valence-electron chi connectivity index (χ2n) is 11.0. The molecule has 0 fully saturated rings. The van der Waals surface area contributed by atoms with Gasteiger partial charge >= 0.3 is 0 Å². The van der Waals surface area contributed by atoms with E-state index in [4.69, 9.17) is 14.7 Å². The molecule has 0 saturated heterocycles. The first-order valence-electron chi connectivity index (χ1n) is 14.1. The Balaban J connectivity index is 0.00000169. The minimum Gasteiger partial charge on any atom is -0.489 e. The number of ether oxygens (including phenoxy) is 1. The Kier molecular flexibility index (Phi) is 11.3. The van der Waals surface area contributed by atoms with Crippen LogP contribution in [0.2, 0.25) is 0 Å². The van der Waals surface area contributed by atoms with E-state index in [-0.39, 0.29) is 31.3 Å². The molecule has 0 unspecified atom stereocenters. The molecule has 6 rings (SSSR count). The summed E-state index contributed by atoms with van der Waals surface area (Å²) >= 11 is 0. The Morgan fingerprint density at radius 3 is 1.72 bits per heavy atom. The van der Waals surface area contributed by atoms with Crippen molar-refractivity contribution >= 4 is 33.6 Å². The molecule has 0 spiro atoms. The van der Waals surface area contributed by atoms with Gasteiger partial charge in [0.15, 0.2) is 0 Å². The number of hydrogen-bond donors (Lipinski definition) is 0. The smallest absolute Gasteiger partial charge is 0.119 e. The summed E-state index contributed by atoms with van der Waals surface area (Å²) in [6.07, 6.45) is 0. The van der Waals surface area contributed by atoms with E-state index in [2.05, 4.69) is 94.4 Å². The van der Waals surface area contributed by atoms with E-state index in [9.17, 15) is 0 Å². The fraction of sp³-hybridized carbons (Fsp3) is 0.179. The van der Waals surface area contributed by atoms with Crippen LogP contribution in [-0.4, -0.2) is 11.4 Å². The molecule has 224 valence electrons. The normalized spacial score (nSPS) is 13.6.